The number of amides is 1. The van der Waals surface area contributed by atoms with Crippen LogP contribution in [-0.4, -0.2) is 11.1 Å². The molecule has 4 nitrogen and oxygen atoms in total. The van der Waals surface area contributed by atoms with Gasteiger partial charge in [0.05, 0.1) is 20.8 Å². The zero-order valence-electron chi connectivity index (χ0n) is 19.9. The van der Waals surface area contributed by atoms with Crippen molar-refractivity contribution in [3.63, 3.8) is 0 Å². The van der Waals surface area contributed by atoms with Gasteiger partial charge in [-0.15, -0.1) is 0 Å². The second-order valence-corrected chi connectivity index (χ2v) is 12.4. The van der Waals surface area contributed by atoms with Crippen LogP contribution in [0, 0.1) is 0 Å². The molecule has 0 spiro atoms. The number of halogens is 5. The van der Waals surface area contributed by atoms with Gasteiger partial charge in [0.1, 0.15) is 12.4 Å². The maximum absolute atomic E-state index is 13.8. The van der Waals surface area contributed by atoms with Gasteiger partial charge >= 0.3 is 0 Å². The van der Waals surface area contributed by atoms with E-state index in [0.717, 1.165) is 20.1 Å². The Morgan fingerprint density at radius 2 is 1.44 bits per heavy atom. The molecule has 0 bridgehead atoms. The Hall–Kier alpha value is -2.26. The van der Waals surface area contributed by atoms with Crippen LogP contribution in [0.15, 0.2) is 104 Å². The third-order valence-electron chi connectivity index (χ3n) is 5.56. The van der Waals surface area contributed by atoms with Crippen molar-refractivity contribution in [2.75, 3.05) is 4.90 Å². The minimum Gasteiger partial charge on any atom is -0.487 e. The number of ether oxygens (including phenoxy) is 1. The number of hydrogen-bond donors (Lipinski definition) is 0. The second kappa shape index (κ2) is 12.5. The van der Waals surface area contributed by atoms with Gasteiger partial charge in [0.15, 0.2) is 5.17 Å². The predicted molar refractivity (Wildman–Crippen MR) is 171 cm³/mol. The fourth-order valence-corrected chi connectivity index (χ4v) is 6.45. The third-order valence-corrected chi connectivity index (χ3v) is 8.33. The van der Waals surface area contributed by atoms with Gasteiger partial charge in [-0.05, 0) is 112 Å². The van der Waals surface area contributed by atoms with Crippen LogP contribution in [0.25, 0.3) is 6.08 Å². The van der Waals surface area contributed by atoms with Gasteiger partial charge in [-0.1, -0.05) is 62.9 Å². The van der Waals surface area contributed by atoms with Crippen LogP contribution >= 0.6 is 78.4 Å². The molecular formula is C29H17Br2Cl3N2O2S. The summed E-state index contributed by atoms with van der Waals surface area (Å²) in [6.07, 6.45) is 1.81. The first-order valence-corrected chi connectivity index (χ1v) is 15.0. The van der Waals surface area contributed by atoms with Crippen molar-refractivity contribution < 1.29 is 9.53 Å². The van der Waals surface area contributed by atoms with Gasteiger partial charge in [0.25, 0.3) is 5.91 Å². The number of carbonyl (C=O) groups excluding carboxylic acids is 1. The minimum absolute atomic E-state index is 0.213. The summed E-state index contributed by atoms with van der Waals surface area (Å²) in [5, 5.41) is 2.35. The number of rotatable bonds is 6. The van der Waals surface area contributed by atoms with Crippen LogP contribution in [-0.2, 0) is 11.4 Å². The summed E-state index contributed by atoms with van der Waals surface area (Å²) in [5.41, 5.74) is 3.02. The number of carbonyl (C=O) groups is 1. The van der Waals surface area contributed by atoms with E-state index in [0.29, 0.717) is 48.9 Å². The molecule has 1 heterocycles. The molecule has 1 fully saturated rings. The van der Waals surface area contributed by atoms with Crippen molar-refractivity contribution in [2.45, 2.75) is 6.61 Å². The molecule has 4 aromatic rings. The first kappa shape index (κ1) is 28.3. The molecule has 1 amide bonds. The van der Waals surface area contributed by atoms with E-state index in [-0.39, 0.29) is 5.91 Å². The maximum Gasteiger partial charge on any atom is 0.271 e. The Morgan fingerprint density at radius 1 is 0.846 bits per heavy atom. The molecule has 4 aromatic carbocycles. The molecule has 0 atom stereocenters. The minimum atomic E-state index is -0.213. The summed E-state index contributed by atoms with van der Waals surface area (Å²) >= 11 is 26.6. The zero-order chi connectivity index (χ0) is 27.5. The molecule has 0 aliphatic carbocycles. The molecule has 196 valence electrons. The fraction of sp³-hybridized carbons (Fsp3) is 0.0345. The number of thioether (sulfide) groups is 1. The third kappa shape index (κ3) is 6.91. The number of amidine groups is 1. The average Bonchev–Trinajstić information content (AvgIpc) is 3.20. The van der Waals surface area contributed by atoms with Crippen LogP contribution in [0.3, 0.4) is 0 Å². The second-order valence-electron chi connectivity index (χ2n) is 8.32. The van der Waals surface area contributed by atoms with Crippen LogP contribution in [0.5, 0.6) is 5.75 Å². The van der Waals surface area contributed by atoms with Gasteiger partial charge in [-0.25, -0.2) is 4.99 Å². The Balaban J connectivity index is 1.53. The van der Waals surface area contributed by atoms with E-state index in [2.05, 4.69) is 31.9 Å². The molecule has 10 heteroatoms. The van der Waals surface area contributed by atoms with Crippen LogP contribution < -0.4 is 9.64 Å². The zero-order valence-corrected chi connectivity index (χ0v) is 26.1. The van der Waals surface area contributed by atoms with E-state index < -0.39 is 0 Å². The van der Waals surface area contributed by atoms with Gasteiger partial charge in [0, 0.05) is 25.1 Å². The highest BCUT2D eigenvalue weighted by molar-refractivity contribution is 9.11. The lowest BCUT2D eigenvalue weighted by Gasteiger charge is -2.16. The number of benzene rings is 4. The quantitative estimate of drug-likeness (QED) is 0.186. The van der Waals surface area contributed by atoms with Gasteiger partial charge in [0.2, 0.25) is 0 Å². The van der Waals surface area contributed by atoms with E-state index >= 15 is 0 Å². The Labute approximate surface area is 261 Å². The molecular weight excluding hydrogens is 707 g/mol. The molecule has 0 aromatic heterocycles. The normalized spacial score (nSPS) is 15.4. The lowest BCUT2D eigenvalue weighted by Crippen LogP contribution is -2.28. The predicted octanol–water partition coefficient (Wildman–Crippen LogP) is 10.6. The summed E-state index contributed by atoms with van der Waals surface area (Å²) in [6, 6.07) is 25.4. The SMILES string of the molecule is O=C1/C(=C/c2cc(Br)cc(Br)c2OCc2ccc(Cl)cc2)SC(=Nc2ccc(Cl)cc2)N1c1ccc(Cl)cc1. The number of anilines is 1. The van der Waals surface area contributed by atoms with Gasteiger partial charge in [-0.2, -0.15) is 0 Å². The smallest absolute Gasteiger partial charge is 0.271 e. The van der Waals surface area contributed by atoms with E-state index in [9.17, 15) is 4.79 Å². The molecule has 39 heavy (non-hydrogen) atoms. The number of hydrogen-bond acceptors (Lipinski definition) is 4. The summed E-state index contributed by atoms with van der Waals surface area (Å²) < 4.78 is 7.79. The van der Waals surface area contributed by atoms with E-state index in [1.807, 2.05) is 42.5 Å². The Morgan fingerprint density at radius 3 is 2.08 bits per heavy atom. The molecule has 1 aliphatic rings. The highest BCUT2D eigenvalue weighted by Crippen LogP contribution is 2.41. The molecule has 0 saturated carbocycles. The molecule has 1 aliphatic heterocycles. The Kier molecular flexibility index (Phi) is 9.06. The van der Waals surface area contributed by atoms with Crippen molar-refractivity contribution in [1.29, 1.82) is 0 Å². The van der Waals surface area contributed by atoms with Crippen molar-refractivity contribution in [2.24, 2.45) is 4.99 Å². The van der Waals surface area contributed by atoms with Crippen LogP contribution in [0.1, 0.15) is 11.1 Å². The molecule has 0 unspecified atom stereocenters. The largest absolute Gasteiger partial charge is 0.487 e. The first-order chi connectivity index (χ1) is 18.8. The molecule has 5 rings (SSSR count). The number of aliphatic imine (C=N–C) groups is 1. The van der Waals surface area contributed by atoms with Crippen molar-refractivity contribution in [3.8, 4) is 5.75 Å². The van der Waals surface area contributed by atoms with E-state index in [1.165, 1.54) is 11.8 Å². The summed E-state index contributed by atoms with van der Waals surface area (Å²) in [5.74, 6) is 0.393. The van der Waals surface area contributed by atoms with Crippen LogP contribution in [0.4, 0.5) is 11.4 Å². The van der Waals surface area contributed by atoms with Crippen molar-refractivity contribution >= 4 is 107 Å². The lowest BCUT2D eigenvalue weighted by molar-refractivity contribution is -0.113. The maximum atomic E-state index is 13.8. The van der Waals surface area contributed by atoms with Crippen molar-refractivity contribution in [3.05, 3.63) is 125 Å². The average molecular weight is 724 g/mol. The van der Waals surface area contributed by atoms with E-state index in [4.69, 9.17) is 44.5 Å². The lowest BCUT2D eigenvalue weighted by atomic mass is 10.1. The van der Waals surface area contributed by atoms with Crippen LogP contribution in [0.2, 0.25) is 15.1 Å². The summed E-state index contributed by atoms with van der Waals surface area (Å²) in [7, 11) is 0. The fourth-order valence-electron chi connectivity index (χ4n) is 3.71. The first-order valence-electron chi connectivity index (χ1n) is 11.5. The van der Waals surface area contributed by atoms with Gasteiger partial charge in [-0.3, -0.25) is 9.69 Å². The van der Waals surface area contributed by atoms with Crippen molar-refractivity contribution in [1.82, 2.24) is 0 Å². The van der Waals surface area contributed by atoms with Gasteiger partial charge < -0.3 is 4.74 Å². The highest BCUT2D eigenvalue weighted by atomic mass is 79.9. The standard InChI is InChI=1S/C29H17Br2Cl3N2O2S/c30-19-13-18(27(25(31)15-19)38-16-17-1-3-20(32)4-2-17)14-26-28(37)36(24-11-7-22(34)8-12-24)29(39-26)35-23-9-5-21(33)6-10-23/h1-15H,16H2/b26-14-,35-29?. The Bertz CT molecular complexity index is 1590. The summed E-state index contributed by atoms with van der Waals surface area (Å²) in [6.45, 7) is 0.328. The van der Waals surface area contributed by atoms with E-state index in [1.54, 1.807) is 53.4 Å². The molecule has 0 N–H and O–H groups in total. The molecule has 0 radical (unpaired) electrons. The summed E-state index contributed by atoms with van der Waals surface area (Å²) in [4.78, 5) is 20.6. The monoisotopic (exact) mass is 720 g/mol. The topological polar surface area (TPSA) is 41.9 Å². The number of nitrogens with zero attached hydrogens (tertiary/aromatic N) is 2. The highest BCUT2D eigenvalue weighted by Gasteiger charge is 2.35. The molecule has 1 saturated heterocycles.